The molecule has 0 saturated heterocycles. The zero-order valence-corrected chi connectivity index (χ0v) is 11.4. The Kier molecular flexibility index (Phi) is 7.59. The third-order valence-electron chi connectivity index (χ3n) is 2.50. The standard InChI is InChI=1S/C13H20N2O.ClH/c1-4-9-14-11(3)13(16)15-12-8-6-5-7-10(12)2;/h5-8,11,14H,4,9H2,1-3H3,(H,15,16);1H. The van der Waals surface area contributed by atoms with E-state index < -0.39 is 0 Å². The molecule has 1 aromatic rings. The molecule has 1 rings (SSSR count). The van der Waals surface area contributed by atoms with Gasteiger partial charge in [0.15, 0.2) is 0 Å². The van der Waals surface area contributed by atoms with Crippen LogP contribution < -0.4 is 10.6 Å². The first-order valence-electron chi connectivity index (χ1n) is 5.75. The minimum absolute atomic E-state index is 0. The maximum absolute atomic E-state index is 11.8. The van der Waals surface area contributed by atoms with Crippen LogP contribution in [0.25, 0.3) is 0 Å². The highest BCUT2D eigenvalue weighted by Crippen LogP contribution is 2.13. The summed E-state index contributed by atoms with van der Waals surface area (Å²) in [6, 6.07) is 7.63. The van der Waals surface area contributed by atoms with Crippen molar-refractivity contribution in [2.75, 3.05) is 11.9 Å². The van der Waals surface area contributed by atoms with Gasteiger partial charge < -0.3 is 10.6 Å². The zero-order valence-electron chi connectivity index (χ0n) is 10.6. The molecule has 3 nitrogen and oxygen atoms in total. The highest BCUT2D eigenvalue weighted by molar-refractivity contribution is 5.95. The Morgan fingerprint density at radius 3 is 2.59 bits per heavy atom. The first-order chi connectivity index (χ1) is 7.65. The number of hydrogen-bond acceptors (Lipinski definition) is 2. The minimum Gasteiger partial charge on any atom is -0.324 e. The highest BCUT2D eigenvalue weighted by Gasteiger charge is 2.11. The number of rotatable bonds is 5. The molecule has 1 unspecified atom stereocenters. The van der Waals surface area contributed by atoms with Crippen molar-refractivity contribution in [3.63, 3.8) is 0 Å². The van der Waals surface area contributed by atoms with Crippen LogP contribution in [-0.4, -0.2) is 18.5 Å². The molecule has 0 saturated carbocycles. The number of hydrogen-bond donors (Lipinski definition) is 2. The van der Waals surface area contributed by atoms with Gasteiger partial charge in [0.1, 0.15) is 0 Å². The van der Waals surface area contributed by atoms with E-state index in [1.165, 1.54) is 0 Å². The second kappa shape index (κ2) is 8.09. The predicted molar refractivity (Wildman–Crippen MR) is 74.8 cm³/mol. The van der Waals surface area contributed by atoms with Crippen molar-refractivity contribution in [1.82, 2.24) is 5.32 Å². The van der Waals surface area contributed by atoms with Crippen LogP contribution in [0.5, 0.6) is 0 Å². The molecular formula is C13H21ClN2O. The number of amides is 1. The fourth-order valence-corrected chi connectivity index (χ4v) is 1.41. The predicted octanol–water partition coefficient (Wildman–Crippen LogP) is 2.74. The third-order valence-corrected chi connectivity index (χ3v) is 2.50. The van der Waals surface area contributed by atoms with Crippen molar-refractivity contribution >= 4 is 24.0 Å². The number of nitrogens with one attached hydrogen (secondary N) is 2. The number of benzene rings is 1. The summed E-state index contributed by atoms with van der Waals surface area (Å²) < 4.78 is 0. The molecule has 2 N–H and O–H groups in total. The lowest BCUT2D eigenvalue weighted by Gasteiger charge is -2.14. The molecule has 0 aliphatic heterocycles. The summed E-state index contributed by atoms with van der Waals surface area (Å²) in [4.78, 5) is 11.8. The summed E-state index contributed by atoms with van der Waals surface area (Å²) in [7, 11) is 0. The topological polar surface area (TPSA) is 41.1 Å². The first kappa shape index (κ1) is 15.9. The molecule has 1 amide bonds. The normalized spacial score (nSPS) is 11.5. The van der Waals surface area contributed by atoms with Crippen LogP contribution >= 0.6 is 12.4 Å². The van der Waals surface area contributed by atoms with Gasteiger partial charge in [-0.15, -0.1) is 12.4 Å². The molecule has 0 bridgehead atoms. The van der Waals surface area contributed by atoms with Gasteiger partial charge in [-0.05, 0) is 38.4 Å². The molecule has 0 radical (unpaired) electrons. The number of carbonyl (C=O) groups is 1. The Morgan fingerprint density at radius 2 is 2.00 bits per heavy atom. The lowest BCUT2D eigenvalue weighted by atomic mass is 10.2. The van der Waals surface area contributed by atoms with Crippen molar-refractivity contribution in [1.29, 1.82) is 0 Å². The lowest BCUT2D eigenvalue weighted by molar-refractivity contribution is -0.117. The van der Waals surface area contributed by atoms with E-state index in [0.29, 0.717) is 0 Å². The van der Waals surface area contributed by atoms with Gasteiger partial charge in [0.2, 0.25) is 5.91 Å². The van der Waals surface area contributed by atoms with Gasteiger partial charge >= 0.3 is 0 Å². The second-order valence-corrected chi connectivity index (χ2v) is 3.98. The first-order valence-corrected chi connectivity index (χ1v) is 5.75. The van der Waals surface area contributed by atoms with Gasteiger partial charge in [-0.3, -0.25) is 4.79 Å². The molecule has 17 heavy (non-hydrogen) atoms. The largest absolute Gasteiger partial charge is 0.324 e. The van der Waals surface area contributed by atoms with Crippen molar-refractivity contribution < 1.29 is 4.79 Å². The molecule has 1 aromatic carbocycles. The number of halogens is 1. The molecule has 0 heterocycles. The zero-order chi connectivity index (χ0) is 12.0. The SMILES string of the molecule is CCCNC(C)C(=O)Nc1ccccc1C.Cl. The van der Waals surface area contributed by atoms with Gasteiger partial charge in [0.25, 0.3) is 0 Å². The Labute approximate surface area is 109 Å². The molecule has 0 spiro atoms. The van der Waals surface area contributed by atoms with E-state index in [0.717, 1.165) is 24.2 Å². The molecular weight excluding hydrogens is 236 g/mol. The van der Waals surface area contributed by atoms with Crippen molar-refractivity contribution in [2.45, 2.75) is 33.2 Å². The number of aryl methyl sites for hydroxylation is 1. The summed E-state index contributed by atoms with van der Waals surface area (Å²) in [5.74, 6) is 0.0164. The minimum atomic E-state index is -0.153. The summed E-state index contributed by atoms with van der Waals surface area (Å²) in [5, 5.41) is 6.08. The van der Waals surface area contributed by atoms with Gasteiger partial charge in [-0.25, -0.2) is 0 Å². The van der Waals surface area contributed by atoms with Crippen LogP contribution in [0.3, 0.4) is 0 Å². The second-order valence-electron chi connectivity index (χ2n) is 3.98. The Hall–Kier alpha value is -1.06. The monoisotopic (exact) mass is 256 g/mol. The maximum Gasteiger partial charge on any atom is 0.241 e. The quantitative estimate of drug-likeness (QED) is 0.851. The number of para-hydroxylation sites is 1. The summed E-state index contributed by atoms with van der Waals surface area (Å²) in [5.41, 5.74) is 1.97. The maximum atomic E-state index is 11.8. The van der Waals surface area contributed by atoms with E-state index in [4.69, 9.17) is 0 Å². The van der Waals surface area contributed by atoms with Crippen LogP contribution in [0.2, 0.25) is 0 Å². The highest BCUT2D eigenvalue weighted by atomic mass is 35.5. The van der Waals surface area contributed by atoms with Gasteiger partial charge in [0.05, 0.1) is 6.04 Å². The van der Waals surface area contributed by atoms with Crippen LogP contribution in [0.1, 0.15) is 25.8 Å². The van der Waals surface area contributed by atoms with E-state index >= 15 is 0 Å². The van der Waals surface area contributed by atoms with E-state index in [9.17, 15) is 4.79 Å². The van der Waals surface area contributed by atoms with E-state index in [1.807, 2.05) is 38.1 Å². The summed E-state index contributed by atoms with van der Waals surface area (Å²) >= 11 is 0. The van der Waals surface area contributed by atoms with Gasteiger partial charge in [-0.2, -0.15) is 0 Å². The van der Waals surface area contributed by atoms with Crippen LogP contribution in [0, 0.1) is 6.92 Å². The van der Waals surface area contributed by atoms with E-state index in [2.05, 4.69) is 17.6 Å². The Bertz CT molecular complexity index is 355. The molecule has 96 valence electrons. The summed E-state index contributed by atoms with van der Waals surface area (Å²) in [6.07, 6.45) is 1.03. The fourth-order valence-electron chi connectivity index (χ4n) is 1.41. The fraction of sp³-hybridized carbons (Fsp3) is 0.462. The summed E-state index contributed by atoms with van der Waals surface area (Å²) in [6.45, 7) is 6.81. The number of carbonyl (C=O) groups excluding carboxylic acids is 1. The lowest BCUT2D eigenvalue weighted by Crippen LogP contribution is -2.38. The molecule has 1 atom stereocenters. The van der Waals surface area contributed by atoms with Gasteiger partial charge in [-0.1, -0.05) is 25.1 Å². The molecule has 0 aromatic heterocycles. The van der Waals surface area contributed by atoms with Crippen LogP contribution in [0.15, 0.2) is 24.3 Å². The van der Waals surface area contributed by atoms with Crippen molar-refractivity contribution in [3.05, 3.63) is 29.8 Å². The Morgan fingerprint density at radius 1 is 1.35 bits per heavy atom. The average molecular weight is 257 g/mol. The molecule has 0 aliphatic rings. The van der Waals surface area contributed by atoms with E-state index in [1.54, 1.807) is 0 Å². The van der Waals surface area contributed by atoms with Gasteiger partial charge in [0, 0.05) is 5.69 Å². The van der Waals surface area contributed by atoms with E-state index in [-0.39, 0.29) is 24.4 Å². The van der Waals surface area contributed by atoms with Crippen molar-refractivity contribution in [2.24, 2.45) is 0 Å². The Balaban J connectivity index is 0.00000256. The van der Waals surface area contributed by atoms with Crippen LogP contribution in [-0.2, 0) is 4.79 Å². The molecule has 0 aliphatic carbocycles. The third kappa shape index (κ3) is 5.20. The average Bonchev–Trinajstić information content (AvgIpc) is 2.28. The smallest absolute Gasteiger partial charge is 0.241 e. The van der Waals surface area contributed by atoms with Crippen molar-refractivity contribution in [3.8, 4) is 0 Å². The number of anilines is 1. The van der Waals surface area contributed by atoms with Crippen LogP contribution in [0.4, 0.5) is 5.69 Å². The molecule has 0 fully saturated rings. The molecule has 4 heteroatoms.